The molecule has 0 fully saturated rings. The summed E-state index contributed by atoms with van der Waals surface area (Å²) in [4.78, 5) is 2.22. The van der Waals surface area contributed by atoms with Crippen LogP contribution in [0.5, 0.6) is 5.75 Å². The van der Waals surface area contributed by atoms with Crippen molar-refractivity contribution in [3.63, 3.8) is 0 Å². The average Bonchev–Trinajstić information content (AvgIpc) is 2.35. The Hall–Kier alpha value is -1.60. The molecule has 0 amide bonds. The molecule has 92 valence electrons. The topological polar surface area (TPSA) is 36.3 Å². The third kappa shape index (κ3) is 4.04. The molecule has 0 aliphatic carbocycles. The molecule has 1 aromatic rings. The molecule has 0 spiro atoms. The lowest BCUT2D eigenvalue weighted by Gasteiger charge is -2.17. The number of likely N-dealkylation sites (N-methyl/N-ethyl adjacent to an activating group) is 1. The first-order valence-corrected chi connectivity index (χ1v) is 5.76. The molecule has 1 rings (SSSR count). The predicted molar refractivity (Wildman–Crippen MR) is 64.4 cm³/mol. The third-order valence-corrected chi connectivity index (χ3v) is 2.63. The van der Waals surface area contributed by atoms with Crippen LogP contribution in [-0.2, 0) is 0 Å². The minimum absolute atomic E-state index is 0.0427. The zero-order valence-electron chi connectivity index (χ0n) is 10.2. The molecule has 0 saturated heterocycles. The van der Waals surface area contributed by atoms with Crippen molar-refractivity contribution in [2.24, 2.45) is 0 Å². The molecule has 0 atom stereocenters. The van der Waals surface area contributed by atoms with E-state index in [0.717, 1.165) is 19.6 Å². The van der Waals surface area contributed by atoms with Gasteiger partial charge < -0.3 is 9.64 Å². The molecular weight excluding hydrogens is 219 g/mol. The second-order valence-corrected chi connectivity index (χ2v) is 3.63. The minimum atomic E-state index is -0.534. The van der Waals surface area contributed by atoms with Crippen molar-refractivity contribution >= 4 is 0 Å². The highest BCUT2D eigenvalue weighted by atomic mass is 19.1. The first kappa shape index (κ1) is 13.5. The van der Waals surface area contributed by atoms with E-state index in [-0.39, 0.29) is 5.56 Å². The van der Waals surface area contributed by atoms with Gasteiger partial charge in [-0.05, 0) is 25.2 Å². The van der Waals surface area contributed by atoms with Crippen molar-refractivity contribution < 1.29 is 9.13 Å². The summed E-state index contributed by atoms with van der Waals surface area (Å²) in [7, 11) is 0. The van der Waals surface area contributed by atoms with Gasteiger partial charge >= 0.3 is 0 Å². The van der Waals surface area contributed by atoms with Crippen LogP contribution in [0.15, 0.2) is 18.2 Å². The average molecular weight is 236 g/mol. The normalized spacial score (nSPS) is 10.3. The van der Waals surface area contributed by atoms with Crippen molar-refractivity contribution in [2.45, 2.75) is 13.8 Å². The largest absolute Gasteiger partial charge is 0.492 e. The summed E-state index contributed by atoms with van der Waals surface area (Å²) in [6, 6.07) is 6.07. The van der Waals surface area contributed by atoms with Crippen LogP contribution < -0.4 is 4.74 Å². The highest BCUT2D eigenvalue weighted by Gasteiger charge is 2.04. The van der Waals surface area contributed by atoms with Gasteiger partial charge in [-0.25, -0.2) is 4.39 Å². The Labute approximate surface area is 101 Å². The summed E-state index contributed by atoms with van der Waals surface area (Å²) in [6.45, 7) is 7.46. The Morgan fingerprint density at radius 1 is 1.35 bits per heavy atom. The van der Waals surface area contributed by atoms with E-state index in [9.17, 15) is 4.39 Å². The Kier molecular flexibility index (Phi) is 5.44. The zero-order chi connectivity index (χ0) is 12.7. The van der Waals surface area contributed by atoms with Crippen LogP contribution in [0.4, 0.5) is 4.39 Å². The van der Waals surface area contributed by atoms with E-state index in [1.165, 1.54) is 12.1 Å². The van der Waals surface area contributed by atoms with Gasteiger partial charge in [0.25, 0.3) is 0 Å². The highest BCUT2D eigenvalue weighted by molar-refractivity contribution is 5.36. The third-order valence-electron chi connectivity index (χ3n) is 2.63. The van der Waals surface area contributed by atoms with Crippen LogP contribution in [-0.4, -0.2) is 31.1 Å². The van der Waals surface area contributed by atoms with Crippen LogP contribution >= 0.6 is 0 Å². The van der Waals surface area contributed by atoms with Gasteiger partial charge in [0, 0.05) is 12.6 Å². The minimum Gasteiger partial charge on any atom is -0.492 e. The fraction of sp³-hybridized carbons (Fsp3) is 0.462. The first-order valence-electron chi connectivity index (χ1n) is 5.76. The molecule has 0 aromatic heterocycles. The number of hydrogen-bond donors (Lipinski definition) is 0. The number of nitrogens with zero attached hydrogens (tertiary/aromatic N) is 2. The molecule has 0 bridgehead atoms. The van der Waals surface area contributed by atoms with E-state index in [1.807, 2.05) is 0 Å². The number of benzene rings is 1. The lowest BCUT2D eigenvalue weighted by Crippen LogP contribution is -2.27. The fourth-order valence-corrected chi connectivity index (χ4v) is 1.51. The van der Waals surface area contributed by atoms with Gasteiger partial charge in [0.2, 0.25) is 0 Å². The molecule has 0 saturated carbocycles. The Bertz CT molecular complexity index is 397. The molecule has 0 radical (unpaired) electrons. The number of halogens is 1. The van der Waals surface area contributed by atoms with E-state index in [4.69, 9.17) is 10.00 Å². The van der Waals surface area contributed by atoms with Crippen LogP contribution in [0, 0.1) is 17.1 Å². The van der Waals surface area contributed by atoms with E-state index in [1.54, 1.807) is 12.1 Å². The van der Waals surface area contributed by atoms with Gasteiger partial charge in [-0.15, -0.1) is 0 Å². The molecule has 0 aliphatic heterocycles. The first-order chi connectivity index (χ1) is 8.21. The quantitative estimate of drug-likeness (QED) is 0.761. The van der Waals surface area contributed by atoms with Crippen LogP contribution in [0.2, 0.25) is 0 Å². The lowest BCUT2D eigenvalue weighted by atomic mass is 10.2. The summed E-state index contributed by atoms with van der Waals surface area (Å²) >= 11 is 0. The second kappa shape index (κ2) is 6.87. The molecule has 1 aromatic carbocycles. The SMILES string of the molecule is CCN(CC)CCOc1ccc(C#N)c(F)c1. The number of rotatable bonds is 6. The van der Waals surface area contributed by atoms with Crippen molar-refractivity contribution in [3.05, 3.63) is 29.6 Å². The molecule has 0 aliphatic rings. The van der Waals surface area contributed by atoms with E-state index < -0.39 is 5.82 Å². The molecule has 0 N–H and O–H groups in total. The molecule has 0 unspecified atom stereocenters. The fourth-order valence-electron chi connectivity index (χ4n) is 1.51. The van der Waals surface area contributed by atoms with Crippen molar-refractivity contribution in [1.82, 2.24) is 4.90 Å². The standard InChI is InChI=1S/C13H17FN2O/c1-3-16(4-2)7-8-17-12-6-5-11(10-15)13(14)9-12/h5-6,9H,3-4,7-8H2,1-2H3. The lowest BCUT2D eigenvalue weighted by molar-refractivity contribution is 0.222. The maximum absolute atomic E-state index is 13.3. The number of ether oxygens (including phenoxy) is 1. The number of nitriles is 1. The van der Waals surface area contributed by atoms with Gasteiger partial charge in [-0.1, -0.05) is 13.8 Å². The summed E-state index contributed by atoms with van der Waals surface area (Å²) < 4.78 is 18.7. The Morgan fingerprint density at radius 3 is 2.59 bits per heavy atom. The van der Waals surface area contributed by atoms with Crippen LogP contribution in [0.25, 0.3) is 0 Å². The highest BCUT2D eigenvalue weighted by Crippen LogP contribution is 2.15. The van der Waals surface area contributed by atoms with Gasteiger partial charge in [0.1, 0.15) is 24.2 Å². The van der Waals surface area contributed by atoms with Crippen molar-refractivity contribution in [1.29, 1.82) is 5.26 Å². The Balaban J connectivity index is 2.48. The predicted octanol–water partition coefficient (Wildman–Crippen LogP) is 2.42. The summed E-state index contributed by atoms with van der Waals surface area (Å²) in [5.74, 6) is -0.0681. The van der Waals surface area contributed by atoms with Gasteiger partial charge in [-0.2, -0.15) is 5.26 Å². The summed E-state index contributed by atoms with van der Waals surface area (Å²) in [5, 5.41) is 8.58. The van der Waals surface area contributed by atoms with Gasteiger partial charge in [0.15, 0.2) is 0 Å². The monoisotopic (exact) mass is 236 g/mol. The molecule has 3 nitrogen and oxygen atoms in total. The summed E-state index contributed by atoms with van der Waals surface area (Å²) in [6.07, 6.45) is 0. The molecule has 17 heavy (non-hydrogen) atoms. The zero-order valence-corrected chi connectivity index (χ0v) is 10.2. The van der Waals surface area contributed by atoms with E-state index >= 15 is 0 Å². The van der Waals surface area contributed by atoms with Crippen LogP contribution in [0.3, 0.4) is 0 Å². The maximum Gasteiger partial charge on any atom is 0.144 e. The van der Waals surface area contributed by atoms with Crippen LogP contribution in [0.1, 0.15) is 19.4 Å². The molecule has 0 heterocycles. The summed E-state index contributed by atoms with van der Waals surface area (Å²) in [5.41, 5.74) is 0.0427. The van der Waals surface area contributed by atoms with Gasteiger partial charge in [-0.3, -0.25) is 0 Å². The molecule has 4 heteroatoms. The number of hydrogen-bond acceptors (Lipinski definition) is 3. The Morgan fingerprint density at radius 2 is 2.06 bits per heavy atom. The van der Waals surface area contributed by atoms with Crippen molar-refractivity contribution in [3.8, 4) is 11.8 Å². The molecular formula is C13H17FN2O. The van der Waals surface area contributed by atoms with Gasteiger partial charge in [0.05, 0.1) is 5.56 Å². The smallest absolute Gasteiger partial charge is 0.144 e. The van der Waals surface area contributed by atoms with E-state index in [0.29, 0.717) is 12.4 Å². The maximum atomic E-state index is 13.3. The van der Waals surface area contributed by atoms with E-state index in [2.05, 4.69) is 18.7 Å². The second-order valence-electron chi connectivity index (χ2n) is 3.63. The van der Waals surface area contributed by atoms with Crippen molar-refractivity contribution in [2.75, 3.05) is 26.2 Å².